The molecule has 0 bridgehead atoms. The Bertz CT molecular complexity index is 269. The molecule has 0 saturated heterocycles. The monoisotopic (exact) mass is 164 g/mol. The van der Waals surface area contributed by atoms with E-state index in [0.29, 0.717) is 0 Å². The van der Waals surface area contributed by atoms with Crippen LogP contribution in [0.3, 0.4) is 0 Å². The summed E-state index contributed by atoms with van der Waals surface area (Å²) in [5, 5.41) is 0. The van der Waals surface area contributed by atoms with Crippen molar-refractivity contribution in [3.8, 4) is 0 Å². The minimum Gasteiger partial charge on any atom is -0.398 e. The predicted molar refractivity (Wildman–Crippen MR) is 52.8 cm³/mol. The maximum absolute atomic E-state index is 5.87. The lowest BCUT2D eigenvalue weighted by molar-refractivity contribution is 0.701. The minimum absolute atomic E-state index is 0.0746. The third kappa shape index (κ3) is 1.77. The number of hydrogen-bond acceptors (Lipinski definition) is 2. The molecule has 0 aliphatic rings. The van der Waals surface area contributed by atoms with Crippen molar-refractivity contribution in [1.29, 1.82) is 0 Å². The lowest BCUT2D eigenvalue weighted by Gasteiger charge is -2.12. The highest BCUT2D eigenvalue weighted by molar-refractivity contribution is 5.50. The van der Waals surface area contributed by atoms with Crippen LogP contribution < -0.4 is 11.5 Å². The fraction of sp³-hybridized carbons (Fsp3) is 0.400. The summed E-state index contributed by atoms with van der Waals surface area (Å²) in [5.74, 6) is 0. The highest BCUT2D eigenvalue weighted by Crippen LogP contribution is 2.21. The van der Waals surface area contributed by atoms with Crippen LogP contribution in [0.4, 0.5) is 5.69 Å². The molecule has 4 N–H and O–H groups in total. The van der Waals surface area contributed by atoms with Gasteiger partial charge in [-0.15, -0.1) is 0 Å². The van der Waals surface area contributed by atoms with E-state index in [-0.39, 0.29) is 6.04 Å². The first-order chi connectivity index (χ1) is 5.65. The van der Waals surface area contributed by atoms with Crippen molar-refractivity contribution in [3.05, 3.63) is 29.3 Å². The van der Waals surface area contributed by atoms with Crippen molar-refractivity contribution in [2.45, 2.75) is 26.3 Å². The third-order valence-electron chi connectivity index (χ3n) is 2.08. The van der Waals surface area contributed by atoms with Crippen LogP contribution in [-0.4, -0.2) is 0 Å². The average molecular weight is 164 g/mol. The van der Waals surface area contributed by atoms with Gasteiger partial charge in [0.05, 0.1) is 0 Å². The molecule has 0 amide bonds. The van der Waals surface area contributed by atoms with E-state index in [1.807, 2.05) is 25.1 Å². The molecule has 0 saturated carbocycles. The first kappa shape index (κ1) is 9.07. The van der Waals surface area contributed by atoms with E-state index in [4.69, 9.17) is 11.5 Å². The molecule has 1 rings (SSSR count). The molecule has 0 unspecified atom stereocenters. The summed E-state index contributed by atoms with van der Waals surface area (Å²) in [4.78, 5) is 0. The van der Waals surface area contributed by atoms with Crippen LogP contribution in [0, 0.1) is 6.92 Å². The molecule has 0 aromatic heterocycles. The second-order valence-electron chi connectivity index (χ2n) is 3.15. The highest BCUT2D eigenvalue weighted by atomic mass is 14.7. The fourth-order valence-corrected chi connectivity index (χ4v) is 1.25. The number of hydrogen-bond donors (Lipinski definition) is 2. The van der Waals surface area contributed by atoms with Crippen molar-refractivity contribution in [2.24, 2.45) is 5.73 Å². The smallest absolute Gasteiger partial charge is 0.0365 e. The number of anilines is 1. The van der Waals surface area contributed by atoms with E-state index in [0.717, 1.165) is 17.7 Å². The average Bonchev–Trinajstić information content (AvgIpc) is 2.03. The molecule has 0 heterocycles. The number of nitrogens with two attached hydrogens (primary N) is 2. The lowest BCUT2D eigenvalue weighted by Crippen LogP contribution is -2.11. The normalized spacial score (nSPS) is 12.9. The molecular formula is C10H16N2. The number of aryl methyl sites for hydroxylation is 1. The largest absolute Gasteiger partial charge is 0.398 e. The Balaban J connectivity index is 3.01. The fourth-order valence-electron chi connectivity index (χ4n) is 1.25. The second-order valence-corrected chi connectivity index (χ2v) is 3.15. The van der Waals surface area contributed by atoms with Crippen LogP contribution in [0.1, 0.15) is 30.5 Å². The summed E-state index contributed by atoms with van der Waals surface area (Å²) < 4.78 is 0. The maximum atomic E-state index is 5.87. The number of rotatable bonds is 2. The van der Waals surface area contributed by atoms with Gasteiger partial charge in [-0.1, -0.05) is 19.1 Å². The Morgan fingerprint density at radius 1 is 1.42 bits per heavy atom. The SMILES string of the molecule is CC[C@H](N)c1ccc(C)cc1N. The highest BCUT2D eigenvalue weighted by Gasteiger charge is 2.06. The van der Waals surface area contributed by atoms with Gasteiger partial charge in [-0.3, -0.25) is 0 Å². The van der Waals surface area contributed by atoms with Crippen molar-refractivity contribution in [2.75, 3.05) is 5.73 Å². The Kier molecular flexibility index (Phi) is 2.71. The summed E-state index contributed by atoms with van der Waals surface area (Å²) >= 11 is 0. The second kappa shape index (κ2) is 3.59. The van der Waals surface area contributed by atoms with Gasteiger partial charge in [-0.05, 0) is 30.5 Å². The van der Waals surface area contributed by atoms with E-state index in [1.54, 1.807) is 0 Å². The minimum atomic E-state index is 0.0746. The van der Waals surface area contributed by atoms with Gasteiger partial charge in [-0.2, -0.15) is 0 Å². The summed E-state index contributed by atoms with van der Waals surface area (Å²) in [6.45, 7) is 4.08. The zero-order valence-corrected chi connectivity index (χ0v) is 7.67. The van der Waals surface area contributed by atoms with Crippen LogP contribution in [0.15, 0.2) is 18.2 Å². The van der Waals surface area contributed by atoms with Gasteiger partial charge in [0.2, 0.25) is 0 Å². The van der Waals surface area contributed by atoms with Crippen LogP contribution in [0.5, 0.6) is 0 Å². The third-order valence-corrected chi connectivity index (χ3v) is 2.08. The van der Waals surface area contributed by atoms with Gasteiger partial charge in [-0.25, -0.2) is 0 Å². The van der Waals surface area contributed by atoms with Crippen LogP contribution in [0.2, 0.25) is 0 Å². The molecule has 66 valence electrons. The van der Waals surface area contributed by atoms with Gasteiger partial charge < -0.3 is 11.5 Å². The molecule has 0 aliphatic heterocycles. The van der Waals surface area contributed by atoms with Crippen LogP contribution >= 0.6 is 0 Å². The van der Waals surface area contributed by atoms with E-state index >= 15 is 0 Å². The van der Waals surface area contributed by atoms with Gasteiger partial charge in [0.25, 0.3) is 0 Å². The van der Waals surface area contributed by atoms with Crippen LogP contribution in [0.25, 0.3) is 0 Å². The summed E-state index contributed by atoms with van der Waals surface area (Å²) in [5.41, 5.74) is 14.7. The number of benzene rings is 1. The van der Waals surface area contributed by atoms with Crippen molar-refractivity contribution < 1.29 is 0 Å². The van der Waals surface area contributed by atoms with E-state index in [2.05, 4.69) is 6.92 Å². The van der Waals surface area contributed by atoms with E-state index < -0.39 is 0 Å². The van der Waals surface area contributed by atoms with Gasteiger partial charge in [0.15, 0.2) is 0 Å². The quantitative estimate of drug-likeness (QED) is 0.657. The molecule has 1 atom stereocenters. The summed E-state index contributed by atoms with van der Waals surface area (Å²) in [6.07, 6.45) is 0.924. The Labute approximate surface area is 73.6 Å². The molecule has 2 nitrogen and oxygen atoms in total. The molecule has 0 radical (unpaired) electrons. The molecule has 1 aromatic carbocycles. The van der Waals surface area contributed by atoms with Gasteiger partial charge in [0, 0.05) is 11.7 Å². The van der Waals surface area contributed by atoms with Crippen molar-refractivity contribution in [3.63, 3.8) is 0 Å². The summed E-state index contributed by atoms with van der Waals surface area (Å²) in [7, 11) is 0. The first-order valence-corrected chi connectivity index (χ1v) is 4.26. The standard InChI is InChI=1S/C10H16N2/c1-3-9(11)8-5-4-7(2)6-10(8)12/h4-6,9H,3,11-12H2,1-2H3/t9-/m0/s1. The molecule has 0 fully saturated rings. The Morgan fingerprint density at radius 2 is 2.08 bits per heavy atom. The lowest BCUT2D eigenvalue weighted by atomic mass is 10.0. The van der Waals surface area contributed by atoms with Crippen LogP contribution in [-0.2, 0) is 0 Å². The Hall–Kier alpha value is -1.02. The van der Waals surface area contributed by atoms with Gasteiger partial charge in [0.1, 0.15) is 0 Å². The zero-order valence-electron chi connectivity index (χ0n) is 7.67. The van der Waals surface area contributed by atoms with E-state index in [1.165, 1.54) is 5.56 Å². The van der Waals surface area contributed by atoms with Crippen molar-refractivity contribution >= 4 is 5.69 Å². The van der Waals surface area contributed by atoms with Gasteiger partial charge >= 0.3 is 0 Å². The predicted octanol–water partition coefficient (Wildman–Crippen LogP) is 1.99. The molecule has 0 spiro atoms. The number of nitrogen functional groups attached to an aromatic ring is 1. The summed E-state index contributed by atoms with van der Waals surface area (Å²) in [6, 6.07) is 6.09. The molecule has 1 aromatic rings. The first-order valence-electron chi connectivity index (χ1n) is 4.26. The Morgan fingerprint density at radius 3 is 2.58 bits per heavy atom. The zero-order chi connectivity index (χ0) is 9.14. The molecule has 2 heteroatoms. The topological polar surface area (TPSA) is 52.0 Å². The molecular weight excluding hydrogens is 148 g/mol. The maximum Gasteiger partial charge on any atom is 0.0365 e. The van der Waals surface area contributed by atoms with Crippen molar-refractivity contribution in [1.82, 2.24) is 0 Å². The van der Waals surface area contributed by atoms with E-state index in [9.17, 15) is 0 Å². The molecule has 12 heavy (non-hydrogen) atoms. The molecule has 0 aliphatic carbocycles.